The Morgan fingerprint density at radius 2 is 1.73 bits per heavy atom. The largest absolute Gasteiger partial charge is 0.420 e. The van der Waals surface area contributed by atoms with Gasteiger partial charge in [-0.25, -0.2) is 4.98 Å². The van der Waals surface area contributed by atoms with Crippen LogP contribution < -0.4 is 16.1 Å². The number of hydrogen-bond donors (Lipinski definition) is 1. The fourth-order valence-electron chi connectivity index (χ4n) is 2.56. The van der Waals surface area contributed by atoms with E-state index < -0.39 is 7.37 Å². The van der Waals surface area contributed by atoms with Crippen LogP contribution in [0.1, 0.15) is 18.4 Å². The highest BCUT2D eigenvalue weighted by Crippen LogP contribution is 2.46. The predicted octanol–water partition coefficient (Wildman–Crippen LogP) is 4.15. The lowest BCUT2D eigenvalue weighted by Crippen LogP contribution is -2.21. The maximum atomic E-state index is 13.7. The summed E-state index contributed by atoms with van der Waals surface area (Å²) in [5.41, 5.74) is 1.31. The first-order valence-electron chi connectivity index (χ1n) is 8.40. The van der Waals surface area contributed by atoms with Crippen LogP contribution in [0.4, 0.5) is 5.88 Å². The Labute approximate surface area is 153 Å². The lowest BCUT2D eigenvalue weighted by Gasteiger charge is -2.16. The monoisotopic (exact) mass is 368 g/mol. The highest BCUT2D eigenvalue weighted by Gasteiger charge is 2.35. The fourth-order valence-corrected chi connectivity index (χ4v) is 4.66. The van der Waals surface area contributed by atoms with E-state index in [1.54, 1.807) is 25.3 Å². The van der Waals surface area contributed by atoms with E-state index in [9.17, 15) is 4.57 Å². The first-order valence-corrected chi connectivity index (χ1v) is 10.0. The molecular formula is C20H21N2O3P. The topological polar surface area (TPSA) is 64.4 Å². The standard InChI is InChI=1S/C20H21N2O3P/c1-3-24-26(23,17-12-8-5-9-13-17)20-19(21-2)25-18(22-20)15-14-16-10-6-4-7-11-16/h4-15,21H,3H2,1-2H3/b15-14+/t26-/m0/s1. The summed E-state index contributed by atoms with van der Waals surface area (Å²) >= 11 is 0. The lowest BCUT2D eigenvalue weighted by molar-refractivity contribution is 0.347. The molecule has 6 heteroatoms. The second-order valence-corrected chi connectivity index (χ2v) is 7.80. The van der Waals surface area contributed by atoms with Gasteiger partial charge in [-0.1, -0.05) is 48.5 Å². The zero-order chi connectivity index (χ0) is 18.4. The molecule has 0 aliphatic heterocycles. The number of nitrogens with zero attached hydrogens (tertiary/aromatic N) is 1. The quantitative estimate of drug-likeness (QED) is 0.635. The van der Waals surface area contributed by atoms with Crippen molar-refractivity contribution >= 4 is 36.1 Å². The van der Waals surface area contributed by atoms with Crippen molar-refractivity contribution in [3.8, 4) is 0 Å². The summed E-state index contributed by atoms with van der Waals surface area (Å²) in [5, 5.41) is 3.52. The fraction of sp³-hybridized carbons (Fsp3) is 0.150. The van der Waals surface area contributed by atoms with Crippen LogP contribution in [-0.4, -0.2) is 18.6 Å². The zero-order valence-electron chi connectivity index (χ0n) is 14.8. The zero-order valence-corrected chi connectivity index (χ0v) is 15.6. The third-order valence-corrected chi connectivity index (χ3v) is 6.22. The average Bonchev–Trinajstić information content (AvgIpc) is 3.12. The molecule has 0 saturated heterocycles. The molecular weight excluding hydrogens is 347 g/mol. The second-order valence-electron chi connectivity index (χ2n) is 5.50. The third-order valence-electron chi connectivity index (χ3n) is 3.76. The van der Waals surface area contributed by atoms with E-state index in [1.807, 2.05) is 61.5 Å². The molecule has 0 spiro atoms. The average molecular weight is 368 g/mol. The predicted molar refractivity (Wildman–Crippen MR) is 106 cm³/mol. The molecule has 3 rings (SSSR count). The Hall–Kier alpha value is -2.62. The van der Waals surface area contributed by atoms with Crippen molar-refractivity contribution in [2.45, 2.75) is 6.92 Å². The van der Waals surface area contributed by atoms with Crippen molar-refractivity contribution in [2.24, 2.45) is 0 Å². The summed E-state index contributed by atoms with van der Waals surface area (Å²) < 4.78 is 25.1. The van der Waals surface area contributed by atoms with E-state index in [4.69, 9.17) is 8.94 Å². The van der Waals surface area contributed by atoms with E-state index in [0.29, 0.717) is 29.1 Å². The molecule has 0 saturated carbocycles. The Kier molecular flexibility index (Phi) is 5.71. The van der Waals surface area contributed by atoms with Crippen LogP contribution in [0, 0.1) is 0 Å². The van der Waals surface area contributed by atoms with Crippen LogP contribution in [0.25, 0.3) is 12.2 Å². The Morgan fingerprint density at radius 1 is 1.08 bits per heavy atom. The highest BCUT2D eigenvalue weighted by atomic mass is 31.2. The summed E-state index contributed by atoms with van der Waals surface area (Å²) in [6.45, 7) is 2.11. The smallest absolute Gasteiger partial charge is 0.284 e. The van der Waals surface area contributed by atoms with Gasteiger partial charge in [0, 0.05) is 18.4 Å². The van der Waals surface area contributed by atoms with E-state index in [2.05, 4.69) is 10.3 Å². The third kappa shape index (κ3) is 3.79. The summed E-state index contributed by atoms with van der Waals surface area (Å²) in [7, 11) is -1.65. The SMILES string of the molecule is CCO[P@@](=O)(c1ccccc1)c1nc(/C=C/c2ccccc2)oc1NC. The molecule has 0 amide bonds. The van der Waals surface area contributed by atoms with Gasteiger partial charge < -0.3 is 14.3 Å². The van der Waals surface area contributed by atoms with Crippen LogP contribution in [0.3, 0.4) is 0 Å². The number of nitrogens with one attached hydrogen (secondary N) is 1. The summed E-state index contributed by atoms with van der Waals surface area (Å²) in [6.07, 6.45) is 3.64. The van der Waals surface area contributed by atoms with E-state index in [-0.39, 0.29) is 0 Å². The minimum Gasteiger partial charge on any atom is -0.420 e. The molecule has 1 aromatic heterocycles. The molecule has 26 heavy (non-hydrogen) atoms. The maximum Gasteiger partial charge on any atom is 0.284 e. The van der Waals surface area contributed by atoms with Crippen molar-refractivity contribution in [2.75, 3.05) is 19.0 Å². The van der Waals surface area contributed by atoms with Gasteiger partial charge in [0.1, 0.15) is 0 Å². The van der Waals surface area contributed by atoms with Crippen molar-refractivity contribution in [1.82, 2.24) is 4.98 Å². The summed E-state index contributed by atoms with van der Waals surface area (Å²) in [5.74, 6) is 0.711. The first kappa shape index (κ1) is 18.2. The Morgan fingerprint density at radius 3 is 2.35 bits per heavy atom. The minimum atomic E-state index is -3.35. The minimum absolute atomic E-state index is 0.292. The lowest BCUT2D eigenvalue weighted by atomic mass is 10.2. The molecule has 0 aliphatic carbocycles. The van der Waals surface area contributed by atoms with E-state index in [1.165, 1.54) is 0 Å². The number of benzene rings is 2. The van der Waals surface area contributed by atoms with Gasteiger partial charge in [-0.05, 0) is 30.7 Å². The summed E-state index contributed by atoms with van der Waals surface area (Å²) in [4.78, 5) is 4.46. The van der Waals surface area contributed by atoms with Gasteiger partial charge in [0.25, 0.3) is 7.37 Å². The van der Waals surface area contributed by atoms with Crippen molar-refractivity contribution in [3.05, 3.63) is 72.1 Å². The van der Waals surface area contributed by atoms with Gasteiger partial charge in [0.05, 0.1) is 6.61 Å². The number of rotatable bonds is 7. The van der Waals surface area contributed by atoms with Gasteiger partial charge in [0.15, 0.2) is 5.44 Å². The molecule has 1 N–H and O–H groups in total. The molecule has 0 bridgehead atoms. The van der Waals surface area contributed by atoms with E-state index in [0.717, 1.165) is 5.56 Å². The molecule has 1 atom stereocenters. The molecule has 1 heterocycles. The molecule has 0 radical (unpaired) electrons. The Balaban J connectivity index is 2.02. The first-order chi connectivity index (χ1) is 12.7. The van der Waals surface area contributed by atoms with Crippen LogP contribution >= 0.6 is 7.37 Å². The summed E-state index contributed by atoms with van der Waals surface area (Å²) in [6, 6.07) is 18.9. The molecule has 0 fully saturated rings. The molecule has 3 aromatic rings. The number of oxazole rings is 1. The van der Waals surface area contributed by atoms with Gasteiger partial charge in [-0.15, -0.1) is 0 Å². The Bertz CT molecular complexity index is 921. The number of hydrogen-bond acceptors (Lipinski definition) is 5. The van der Waals surface area contributed by atoms with Gasteiger partial charge in [-0.3, -0.25) is 4.57 Å². The molecule has 0 aliphatic rings. The molecule has 0 unspecified atom stereocenters. The van der Waals surface area contributed by atoms with Crippen LogP contribution in [0.15, 0.2) is 65.1 Å². The normalized spacial score (nSPS) is 13.6. The maximum absolute atomic E-state index is 13.7. The van der Waals surface area contributed by atoms with Crippen molar-refractivity contribution in [1.29, 1.82) is 0 Å². The second kappa shape index (κ2) is 8.17. The molecule has 5 nitrogen and oxygen atoms in total. The van der Waals surface area contributed by atoms with Crippen LogP contribution in [0.5, 0.6) is 0 Å². The highest BCUT2D eigenvalue weighted by molar-refractivity contribution is 7.74. The van der Waals surface area contributed by atoms with Crippen LogP contribution in [-0.2, 0) is 9.09 Å². The van der Waals surface area contributed by atoms with Gasteiger partial charge >= 0.3 is 0 Å². The number of anilines is 1. The van der Waals surface area contributed by atoms with Crippen LogP contribution in [0.2, 0.25) is 0 Å². The van der Waals surface area contributed by atoms with Gasteiger partial charge in [0.2, 0.25) is 11.8 Å². The van der Waals surface area contributed by atoms with Gasteiger partial charge in [-0.2, -0.15) is 0 Å². The molecule has 2 aromatic carbocycles. The number of aromatic nitrogens is 1. The van der Waals surface area contributed by atoms with E-state index >= 15 is 0 Å². The molecule has 134 valence electrons. The van der Waals surface area contributed by atoms with Crippen molar-refractivity contribution < 1.29 is 13.5 Å². The van der Waals surface area contributed by atoms with Crippen molar-refractivity contribution in [3.63, 3.8) is 0 Å².